The Labute approximate surface area is 166 Å². The third kappa shape index (κ3) is 4.66. The van der Waals surface area contributed by atoms with Crippen molar-refractivity contribution in [1.82, 2.24) is 9.97 Å². The molecule has 0 radical (unpaired) electrons. The Hall–Kier alpha value is -3.55. The van der Waals surface area contributed by atoms with Gasteiger partial charge in [-0.25, -0.2) is 23.5 Å². The molecule has 0 saturated heterocycles. The van der Waals surface area contributed by atoms with Gasteiger partial charge in [0.1, 0.15) is 17.1 Å². The van der Waals surface area contributed by atoms with Gasteiger partial charge in [0.05, 0.1) is 13.7 Å². The Morgan fingerprint density at radius 3 is 2.59 bits per heavy atom. The smallest absolute Gasteiger partial charge is 0.343 e. The van der Waals surface area contributed by atoms with Gasteiger partial charge in [-0.1, -0.05) is 12.1 Å². The van der Waals surface area contributed by atoms with Crippen molar-refractivity contribution in [2.75, 3.05) is 19.0 Å². The molecule has 0 aliphatic carbocycles. The van der Waals surface area contributed by atoms with Gasteiger partial charge in [-0.15, -0.1) is 0 Å². The molecular formula is C21H19F2N3O3. The van der Waals surface area contributed by atoms with Crippen LogP contribution >= 0.6 is 0 Å². The summed E-state index contributed by atoms with van der Waals surface area (Å²) in [6, 6.07) is 10.9. The van der Waals surface area contributed by atoms with Crippen LogP contribution in [0.15, 0.2) is 48.7 Å². The number of methoxy groups -OCH3 is 1. The molecule has 0 spiro atoms. The molecule has 0 aliphatic rings. The summed E-state index contributed by atoms with van der Waals surface area (Å²) in [7, 11) is 1.56. The topological polar surface area (TPSA) is 73.3 Å². The molecule has 0 saturated carbocycles. The van der Waals surface area contributed by atoms with Crippen LogP contribution in [0.25, 0.3) is 11.4 Å². The van der Waals surface area contributed by atoms with E-state index in [4.69, 9.17) is 9.47 Å². The van der Waals surface area contributed by atoms with Crippen LogP contribution in [-0.2, 0) is 11.3 Å². The van der Waals surface area contributed by atoms with Crippen LogP contribution in [0.1, 0.15) is 22.8 Å². The normalized spacial score (nSPS) is 10.5. The first-order valence-corrected chi connectivity index (χ1v) is 8.88. The maximum absolute atomic E-state index is 13.9. The highest BCUT2D eigenvalue weighted by Gasteiger charge is 2.17. The van der Waals surface area contributed by atoms with Gasteiger partial charge in [-0.05, 0) is 37.3 Å². The molecule has 0 aliphatic heterocycles. The zero-order chi connectivity index (χ0) is 20.8. The third-order valence-corrected chi connectivity index (χ3v) is 4.11. The van der Waals surface area contributed by atoms with E-state index in [9.17, 15) is 13.6 Å². The number of rotatable bonds is 7. The van der Waals surface area contributed by atoms with E-state index in [2.05, 4.69) is 15.3 Å². The highest BCUT2D eigenvalue weighted by atomic mass is 19.2. The van der Waals surface area contributed by atoms with Crippen LogP contribution < -0.4 is 10.1 Å². The third-order valence-electron chi connectivity index (χ3n) is 4.11. The molecule has 29 heavy (non-hydrogen) atoms. The molecule has 0 bridgehead atoms. The maximum atomic E-state index is 13.9. The van der Waals surface area contributed by atoms with Crippen LogP contribution in [0.3, 0.4) is 0 Å². The summed E-state index contributed by atoms with van der Waals surface area (Å²) in [4.78, 5) is 20.9. The standard InChI is InChI=1S/C21H19F2N3O3/c1-3-29-21(27)16-12-25-19(13-7-9-15(28-2)10-8-13)26-20(16)24-11-14-5-4-6-17(22)18(14)23/h4-10,12H,3,11H2,1-2H3,(H,24,25,26). The number of carbonyl (C=O) groups excluding carboxylic acids is 1. The van der Waals surface area contributed by atoms with Gasteiger partial charge in [0.15, 0.2) is 17.5 Å². The minimum absolute atomic E-state index is 0.0743. The predicted molar refractivity (Wildman–Crippen MR) is 104 cm³/mol. The number of anilines is 1. The van der Waals surface area contributed by atoms with Gasteiger partial charge in [0.2, 0.25) is 0 Å². The van der Waals surface area contributed by atoms with E-state index in [1.807, 2.05) is 0 Å². The number of aromatic nitrogens is 2. The average molecular weight is 399 g/mol. The molecule has 8 heteroatoms. The highest BCUT2D eigenvalue weighted by molar-refractivity contribution is 5.94. The Kier molecular flexibility index (Phi) is 6.33. The lowest BCUT2D eigenvalue weighted by Gasteiger charge is -2.12. The van der Waals surface area contributed by atoms with Crippen LogP contribution in [0, 0.1) is 11.6 Å². The van der Waals surface area contributed by atoms with Crippen molar-refractivity contribution < 1.29 is 23.0 Å². The molecule has 0 fully saturated rings. The molecule has 3 aromatic rings. The lowest BCUT2D eigenvalue weighted by Crippen LogP contribution is -2.13. The second-order valence-electron chi connectivity index (χ2n) is 5.97. The maximum Gasteiger partial charge on any atom is 0.343 e. The molecule has 1 N–H and O–H groups in total. The van der Waals surface area contributed by atoms with Crippen molar-refractivity contribution in [2.24, 2.45) is 0 Å². The number of halogens is 2. The second kappa shape index (κ2) is 9.09. The van der Waals surface area contributed by atoms with Crippen molar-refractivity contribution in [3.05, 3.63) is 71.4 Å². The molecule has 0 amide bonds. The molecule has 3 rings (SSSR count). The van der Waals surface area contributed by atoms with Crippen LogP contribution in [0.5, 0.6) is 5.75 Å². The predicted octanol–water partition coefficient (Wildman–Crippen LogP) is 4.22. The Morgan fingerprint density at radius 2 is 1.90 bits per heavy atom. The van der Waals surface area contributed by atoms with E-state index in [-0.39, 0.29) is 30.1 Å². The Bertz CT molecular complexity index is 1010. The Morgan fingerprint density at radius 1 is 1.14 bits per heavy atom. The number of benzene rings is 2. The first kappa shape index (κ1) is 20.2. The van der Waals surface area contributed by atoms with E-state index in [0.717, 1.165) is 6.07 Å². The molecule has 2 aromatic carbocycles. The molecule has 1 heterocycles. The summed E-state index contributed by atoms with van der Waals surface area (Å²) >= 11 is 0. The van der Waals surface area contributed by atoms with Gasteiger partial charge in [0.25, 0.3) is 0 Å². The van der Waals surface area contributed by atoms with E-state index >= 15 is 0 Å². The van der Waals surface area contributed by atoms with E-state index in [0.29, 0.717) is 17.1 Å². The monoisotopic (exact) mass is 399 g/mol. The fraction of sp³-hybridized carbons (Fsp3) is 0.190. The summed E-state index contributed by atoms with van der Waals surface area (Å²) in [5.41, 5.74) is 0.895. The van der Waals surface area contributed by atoms with Crippen molar-refractivity contribution in [3.8, 4) is 17.1 Å². The van der Waals surface area contributed by atoms with Gasteiger partial charge in [0, 0.05) is 23.9 Å². The van der Waals surface area contributed by atoms with E-state index in [1.165, 1.54) is 18.3 Å². The van der Waals surface area contributed by atoms with Gasteiger partial charge in [-0.2, -0.15) is 0 Å². The van der Waals surface area contributed by atoms with Gasteiger partial charge in [-0.3, -0.25) is 0 Å². The fourth-order valence-corrected chi connectivity index (χ4v) is 2.62. The molecule has 150 valence electrons. The van der Waals surface area contributed by atoms with Crippen molar-refractivity contribution in [1.29, 1.82) is 0 Å². The number of carbonyl (C=O) groups is 1. The number of esters is 1. The van der Waals surface area contributed by atoms with Crippen LogP contribution in [0.2, 0.25) is 0 Å². The fourth-order valence-electron chi connectivity index (χ4n) is 2.62. The van der Waals surface area contributed by atoms with Gasteiger partial charge >= 0.3 is 5.97 Å². The van der Waals surface area contributed by atoms with Crippen molar-refractivity contribution in [2.45, 2.75) is 13.5 Å². The Balaban J connectivity index is 1.93. The summed E-state index contributed by atoms with van der Waals surface area (Å²) in [5.74, 6) is -1.33. The summed E-state index contributed by atoms with van der Waals surface area (Å²) in [6.45, 7) is 1.78. The summed E-state index contributed by atoms with van der Waals surface area (Å²) in [5, 5.41) is 2.89. The van der Waals surface area contributed by atoms with Gasteiger partial charge < -0.3 is 14.8 Å². The molecule has 6 nitrogen and oxygen atoms in total. The number of nitrogens with zero attached hydrogens (tertiary/aromatic N) is 2. The summed E-state index contributed by atoms with van der Waals surface area (Å²) in [6.07, 6.45) is 1.34. The zero-order valence-electron chi connectivity index (χ0n) is 15.9. The zero-order valence-corrected chi connectivity index (χ0v) is 15.9. The summed E-state index contributed by atoms with van der Waals surface area (Å²) < 4.78 is 37.6. The number of ether oxygens (including phenoxy) is 2. The molecule has 0 atom stereocenters. The minimum Gasteiger partial charge on any atom is -0.497 e. The average Bonchev–Trinajstić information content (AvgIpc) is 2.75. The number of nitrogens with one attached hydrogen (secondary N) is 1. The van der Waals surface area contributed by atoms with Crippen LogP contribution in [-0.4, -0.2) is 29.7 Å². The highest BCUT2D eigenvalue weighted by Crippen LogP contribution is 2.23. The SMILES string of the molecule is CCOC(=O)c1cnc(-c2ccc(OC)cc2)nc1NCc1cccc(F)c1F. The quantitative estimate of drug-likeness (QED) is 0.600. The first-order valence-electron chi connectivity index (χ1n) is 8.88. The first-order chi connectivity index (χ1) is 14.0. The van der Waals surface area contributed by atoms with E-state index in [1.54, 1.807) is 38.3 Å². The molecular weight excluding hydrogens is 380 g/mol. The van der Waals surface area contributed by atoms with Crippen LogP contribution in [0.4, 0.5) is 14.6 Å². The minimum atomic E-state index is -0.956. The lowest BCUT2D eigenvalue weighted by molar-refractivity contribution is 0.0526. The second-order valence-corrected chi connectivity index (χ2v) is 5.97. The number of hydrogen-bond acceptors (Lipinski definition) is 6. The van der Waals surface area contributed by atoms with Crippen molar-refractivity contribution >= 4 is 11.8 Å². The van der Waals surface area contributed by atoms with E-state index < -0.39 is 17.6 Å². The lowest BCUT2D eigenvalue weighted by atomic mass is 10.2. The molecule has 0 unspecified atom stereocenters. The largest absolute Gasteiger partial charge is 0.497 e. The number of hydrogen-bond donors (Lipinski definition) is 1. The molecule has 1 aromatic heterocycles. The van der Waals surface area contributed by atoms with Crippen molar-refractivity contribution in [3.63, 3.8) is 0 Å².